The van der Waals surface area contributed by atoms with Gasteiger partial charge in [-0.2, -0.15) is 0 Å². The van der Waals surface area contributed by atoms with Crippen molar-refractivity contribution >= 4 is 17.6 Å². The molecule has 0 radical (unpaired) electrons. The molecule has 0 aromatic heterocycles. The van der Waals surface area contributed by atoms with Gasteiger partial charge >= 0.3 is 5.97 Å². The van der Waals surface area contributed by atoms with Gasteiger partial charge in [0.1, 0.15) is 6.04 Å². The molecule has 0 aliphatic carbocycles. The van der Waals surface area contributed by atoms with Gasteiger partial charge in [0, 0.05) is 18.1 Å². The molecule has 3 nitrogen and oxygen atoms in total. The van der Waals surface area contributed by atoms with Gasteiger partial charge in [-0.25, -0.2) is 4.79 Å². The second-order valence-electron chi connectivity index (χ2n) is 4.20. The second kappa shape index (κ2) is 6.03. The van der Waals surface area contributed by atoms with Crippen LogP contribution in [0.5, 0.6) is 0 Å². The number of carbonyl (C=O) groups is 1. The Labute approximate surface area is 112 Å². The summed E-state index contributed by atoms with van der Waals surface area (Å²) in [6, 6.07) is 7.00. The summed E-state index contributed by atoms with van der Waals surface area (Å²) in [5.74, 6) is -0.265. The summed E-state index contributed by atoms with van der Waals surface area (Å²) >= 11 is 6.19. The van der Waals surface area contributed by atoms with E-state index in [1.807, 2.05) is 18.2 Å². The predicted octanol–water partition coefficient (Wildman–Crippen LogP) is 2.82. The minimum absolute atomic E-state index is 0.265. The molecule has 1 heterocycles. The number of methoxy groups -OCH3 is 1. The monoisotopic (exact) mass is 265 g/mol. The number of ether oxygens (including phenoxy) is 1. The average Bonchev–Trinajstić information content (AvgIpc) is 2.42. The molecule has 1 atom stereocenters. The lowest BCUT2D eigenvalue weighted by molar-refractivity contribution is -0.147. The van der Waals surface area contributed by atoms with Gasteiger partial charge in [-0.15, -0.1) is 0 Å². The van der Waals surface area contributed by atoms with Crippen molar-refractivity contribution in [3.63, 3.8) is 0 Å². The van der Waals surface area contributed by atoms with Crippen LogP contribution in [-0.2, 0) is 9.53 Å². The van der Waals surface area contributed by atoms with Crippen molar-refractivity contribution in [1.29, 1.82) is 0 Å². The zero-order valence-corrected chi connectivity index (χ0v) is 11.1. The summed E-state index contributed by atoms with van der Waals surface area (Å²) in [4.78, 5) is 14.1. The Morgan fingerprint density at radius 3 is 2.78 bits per heavy atom. The quantitative estimate of drug-likeness (QED) is 0.622. The average molecular weight is 266 g/mol. The van der Waals surface area contributed by atoms with Crippen LogP contribution in [0, 0.1) is 0 Å². The number of halogens is 1. The molecule has 1 aromatic rings. The maximum absolute atomic E-state index is 12.0. The molecule has 1 unspecified atom stereocenters. The first-order chi connectivity index (χ1) is 8.74. The molecule has 0 N–H and O–H groups in total. The van der Waals surface area contributed by atoms with Crippen LogP contribution in [0.15, 0.2) is 36.4 Å². The smallest absolute Gasteiger partial charge is 0.327 e. The number of benzene rings is 1. The number of carbonyl (C=O) groups excluding carboxylic acids is 1. The van der Waals surface area contributed by atoms with Crippen molar-refractivity contribution in [2.24, 2.45) is 0 Å². The molecule has 0 spiro atoms. The lowest BCUT2D eigenvalue weighted by Gasteiger charge is -2.31. The van der Waals surface area contributed by atoms with E-state index in [2.05, 4.69) is 17.1 Å². The van der Waals surface area contributed by atoms with Gasteiger partial charge in [0.25, 0.3) is 0 Å². The lowest BCUT2D eigenvalue weighted by Crippen LogP contribution is -2.37. The van der Waals surface area contributed by atoms with Gasteiger partial charge < -0.3 is 4.74 Å². The molecule has 2 rings (SSSR count). The molecule has 0 bridgehead atoms. The number of hydrogen-bond acceptors (Lipinski definition) is 3. The summed E-state index contributed by atoms with van der Waals surface area (Å²) in [7, 11) is 1.41. The van der Waals surface area contributed by atoms with E-state index in [1.165, 1.54) is 7.11 Å². The van der Waals surface area contributed by atoms with Crippen LogP contribution in [0.3, 0.4) is 0 Å². The van der Waals surface area contributed by atoms with Gasteiger partial charge in [0.15, 0.2) is 0 Å². The van der Waals surface area contributed by atoms with Crippen molar-refractivity contribution in [1.82, 2.24) is 4.90 Å². The van der Waals surface area contributed by atoms with Crippen LogP contribution in [-0.4, -0.2) is 31.1 Å². The van der Waals surface area contributed by atoms with Crippen molar-refractivity contribution in [2.45, 2.75) is 12.5 Å². The highest BCUT2D eigenvalue weighted by Crippen LogP contribution is 2.29. The van der Waals surface area contributed by atoms with E-state index in [1.54, 1.807) is 6.07 Å². The van der Waals surface area contributed by atoms with Gasteiger partial charge in [0.2, 0.25) is 0 Å². The summed E-state index contributed by atoms with van der Waals surface area (Å²) in [5.41, 5.74) is 0.807. The number of esters is 1. The van der Waals surface area contributed by atoms with E-state index < -0.39 is 6.04 Å². The van der Waals surface area contributed by atoms with Gasteiger partial charge in [-0.1, -0.05) is 42.0 Å². The molecule has 0 amide bonds. The van der Waals surface area contributed by atoms with Crippen LogP contribution >= 0.6 is 11.6 Å². The molecule has 96 valence electrons. The minimum atomic E-state index is -0.423. The summed E-state index contributed by atoms with van der Waals surface area (Å²) in [6.45, 7) is 1.58. The largest absolute Gasteiger partial charge is 0.468 e. The third kappa shape index (κ3) is 2.74. The lowest BCUT2D eigenvalue weighted by atomic mass is 10.0. The minimum Gasteiger partial charge on any atom is -0.468 e. The maximum Gasteiger partial charge on any atom is 0.327 e. The topological polar surface area (TPSA) is 29.5 Å². The van der Waals surface area contributed by atoms with Gasteiger partial charge in [-0.05, 0) is 18.1 Å². The predicted molar refractivity (Wildman–Crippen MR) is 71.5 cm³/mol. The van der Waals surface area contributed by atoms with Crippen molar-refractivity contribution < 1.29 is 9.53 Å². The normalized spacial score (nSPS) is 17.4. The Hall–Kier alpha value is -1.32. The summed E-state index contributed by atoms with van der Waals surface area (Å²) < 4.78 is 4.91. The third-order valence-corrected chi connectivity index (χ3v) is 3.42. The first-order valence-electron chi connectivity index (χ1n) is 5.95. The molecule has 1 aromatic carbocycles. The van der Waals surface area contributed by atoms with Gasteiger partial charge in [-0.3, -0.25) is 4.90 Å². The number of hydrogen-bond donors (Lipinski definition) is 0. The number of rotatable bonds is 3. The fraction of sp³-hybridized carbons (Fsp3) is 0.357. The SMILES string of the molecule is COC(=O)C(c1ccccc1Cl)N1CC=CCC1. The van der Waals surface area contributed by atoms with Crippen molar-refractivity contribution in [2.75, 3.05) is 20.2 Å². The van der Waals surface area contributed by atoms with E-state index in [9.17, 15) is 4.79 Å². The molecule has 0 saturated heterocycles. The third-order valence-electron chi connectivity index (χ3n) is 3.08. The van der Waals surface area contributed by atoms with Gasteiger partial charge in [0.05, 0.1) is 7.11 Å². The molecular weight excluding hydrogens is 250 g/mol. The first kappa shape index (κ1) is 13.1. The van der Waals surface area contributed by atoms with Crippen LogP contribution in [0.4, 0.5) is 0 Å². The zero-order valence-electron chi connectivity index (χ0n) is 10.3. The van der Waals surface area contributed by atoms with Crippen LogP contribution < -0.4 is 0 Å². The highest BCUT2D eigenvalue weighted by molar-refractivity contribution is 6.31. The highest BCUT2D eigenvalue weighted by atomic mass is 35.5. The Morgan fingerprint density at radius 2 is 2.17 bits per heavy atom. The van der Waals surface area contributed by atoms with Crippen LogP contribution in [0.25, 0.3) is 0 Å². The summed E-state index contributed by atoms with van der Waals surface area (Å²) in [6.07, 6.45) is 5.13. The van der Waals surface area contributed by atoms with E-state index in [-0.39, 0.29) is 5.97 Å². The Kier molecular flexibility index (Phi) is 4.39. The standard InChI is InChI=1S/C14H16ClNO2/c1-18-14(17)13(16-9-5-2-6-10-16)11-7-3-4-8-12(11)15/h2-5,7-8,13H,6,9-10H2,1H3. The Balaban J connectivity index is 2.33. The Morgan fingerprint density at radius 1 is 1.39 bits per heavy atom. The molecule has 1 aliphatic heterocycles. The molecule has 18 heavy (non-hydrogen) atoms. The highest BCUT2D eigenvalue weighted by Gasteiger charge is 2.29. The maximum atomic E-state index is 12.0. The number of nitrogens with zero attached hydrogens (tertiary/aromatic N) is 1. The van der Waals surface area contributed by atoms with Crippen LogP contribution in [0.1, 0.15) is 18.0 Å². The first-order valence-corrected chi connectivity index (χ1v) is 6.33. The van der Waals surface area contributed by atoms with Crippen LogP contribution in [0.2, 0.25) is 5.02 Å². The van der Waals surface area contributed by atoms with E-state index >= 15 is 0 Å². The molecule has 0 saturated carbocycles. The molecule has 4 heteroatoms. The van der Waals surface area contributed by atoms with E-state index in [4.69, 9.17) is 16.3 Å². The Bertz CT molecular complexity index is 459. The van der Waals surface area contributed by atoms with E-state index in [0.29, 0.717) is 5.02 Å². The second-order valence-corrected chi connectivity index (χ2v) is 4.61. The fourth-order valence-electron chi connectivity index (χ4n) is 2.18. The van der Waals surface area contributed by atoms with Crippen molar-refractivity contribution in [3.05, 3.63) is 47.0 Å². The molecular formula is C14H16ClNO2. The molecule has 1 aliphatic rings. The fourth-order valence-corrected chi connectivity index (χ4v) is 2.41. The van der Waals surface area contributed by atoms with Crippen molar-refractivity contribution in [3.8, 4) is 0 Å². The summed E-state index contributed by atoms with van der Waals surface area (Å²) in [5, 5.41) is 0.599. The zero-order chi connectivity index (χ0) is 13.0. The molecule has 0 fully saturated rings. The van der Waals surface area contributed by atoms with E-state index in [0.717, 1.165) is 25.1 Å².